The zero-order valence-corrected chi connectivity index (χ0v) is 21.2. The lowest BCUT2D eigenvalue weighted by molar-refractivity contribution is -0.132. The monoisotopic (exact) mass is 498 g/mol. The number of hydrogen-bond donors (Lipinski definition) is 1. The summed E-state index contributed by atoms with van der Waals surface area (Å²) in [5.74, 6) is -0.364. The molecule has 190 valence electrons. The number of Topliss-reactive ketones (excluding diaryl/α,β-unsaturated/α-hetero) is 1. The van der Waals surface area contributed by atoms with Crippen molar-refractivity contribution in [3.63, 3.8) is 0 Å². The fourth-order valence-electron chi connectivity index (χ4n) is 4.83. The van der Waals surface area contributed by atoms with Crippen LogP contribution < -0.4 is 19.3 Å². The quantitative estimate of drug-likeness (QED) is 0.277. The van der Waals surface area contributed by atoms with Crippen LogP contribution in [0.4, 0.5) is 11.4 Å². The summed E-state index contributed by atoms with van der Waals surface area (Å²) in [5, 5.41) is 11.5. The van der Waals surface area contributed by atoms with Crippen LogP contribution in [0.1, 0.15) is 36.1 Å². The van der Waals surface area contributed by atoms with E-state index in [-0.39, 0.29) is 11.3 Å². The topological polar surface area (TPSA) is 79.3 Å². The molecule has 2 aliphatic heterocycles. The number of benzene rings is 3. The van der Waals surface area contributed by atoms with Crippen molar-refractivity contribution in [2.24, 2.45) is 0 Å². The Hall–Kier alpha value is -4.26. The number of rotatable bonds is 7. The van der Waals surface area contributed by atoms with E-state index in [9.17, 15) is 14.7 Å². The number of para-hydroxylation sites is 2. The number of amides is 1. The molecule has 0 saturated carbocycles. The minimum Gasteiger partial charge on any atom is -0.507 e. The van der Waals surface area contributed by atoms with E-state index in [2.05, 4.69) is 0 Å². The molecule has 0 spiro atoms. The molecular weight excluding hydrogens is 468 g/mol. The van der Waals surface area contributed by atoms with Crippen molar-refractivity contribution in [1.29, 1.82) is 0 Å². The van der Waals surface area contributed by atoms with E-state index in [0.29, 0.717) is 35.8 Å². The summed E-state index contributed by atoms with van der Waals surface area (Å²) < 4.78 is 11.5. The molecule has 0 aromatic heterocycles. The Labute approximate surface area is 216 Å². The number of aliphatic hydroxyl groups is 1. The van der Waals surface area contributed by atoms with Gasteiger partial charge in [0.2, 0.25) is 0 Å². The fraction of sp³-hybridized carbons (Fsp3) is 0.267. The molecule has 1 unspecified atom stereocenters. The molecule has 1 fully saturated rings. The molecule has 1 atom stereocenters. The zero-order valence-electron chi connectivity index (χ0n) is 21.2. The molecule has 1 N–H and O–H groups in total. The van der Waals surface area contributed by atoms with E-state index in [1.165, 1.54) is 4.90 Å². The van der Waals surface area contributed by atoms with Crippen molar-refractivity contribution < 1.29 is 24.2 Å². The average molecular weight is 499 g/mol. The highest BCUT2D eigenvalue weighted by Crippen LogP contribution is 2.45. The van der Waals surface area contributed by atoms with E-state index in [0.717, 1.165) is 29.8 Å². The highest BCUT2D eigenvalue weighted by atomic mass is 16.5. The number of ether oxygens (including phenoxy) is 2. The van der Waals surface area contributed by atoms with Crippen LogP contribution >= 0.6 is 0 Å². The first-order valence-electron chi connectivity index (χ1n) is 12.5. The van der Waals surface area contributed by atoms with Crippen LogP contribution in [0.25, 0.3) is 5.76 Å². The highest BCUT2D eigenvalue weighted by Gasteiger charge is 2.47. The predicted octanol–water partition coefficient (Wildman–Crippen LogP) is 5.10. The van der Waals surface area contributed by atoms with Crippen molar-refractivity contribution in [1.82, 2.24) is 0 Å². The summed E-state index contributed by atoms with van der Waals surface area (Å²) in [6.07, 6.45) is 1.52. The molecular formula is C30H30N2O5. The van der Waals surface area contributed by atoms with E-state index in [1.807, 2.05) is 62.3 Å². The van der Waals surface area contributed by atoms with Gasteiger partial charge in [0, 0.05) is 31.8 Å². The molecule has 3 aromatic rings. The normalized spacial score (nSPS) is 18.0. The van der Waals surface area contributed by atoms with Gasteiger partial charge in [0.15, 0.2) is 0 Å². The van der Waals surface area contributed by atoms with Crippen LogP contribution in [-0.4, -0.2) is 44.1 Å². The zero-order chi connectivity index (χ0) is 26.1. The van der Waals surface area contributed by atoms with Crippen molar-refractivity contribution >= 4 is 28.8 Å². The number of carbonyl (C=O) groups is 2. The maximum atomic E-state index is 13.6. The van der Waals surface area contributed by atoms with Crippen LogP contribution in [-0.2, 0) is 16.0 Å². The summed E-state index contributed by atoms with van der Waals surface area (Å²) in [5.41, 5.74) is 3.66. The minimum atomic E-state index is -0.827. The third kappa shape index (κ3) is 4.42. The van der Waals surface area contributed by atoms with Crippen molar-refractivity contribution in [2.75, 3.05) is 37.1 Å². The van der Waals surface area contributed by atoms with E-state index < -0.39 is 17.7 Å². The van der Waals surface area contributed by atoms with Gasteiger partial charge < -0.3 is 19.5 Å². The van der Waals surface area contributed by atoms with Crippen molar-refractivity contribution in [2.45, 2.75) is 25.8 Å². The highest BCUT2D eigenvalue weighted by molar-refractivity contribution is 6.52. The van der Waals surface area contributed by atoms with Gasteiger partial charge in [-0.05, 0) is 60.0 Å². The van der Waals surface area contributed by atoms with Crippen LogP contribution in [0.3, 0.4) is 0 Å². The van der Waals surface area contributed by atoms with Gasteiger partial charge in [0.05, 0.1) is 30.5 Å². The third-order valence-corrected chi connectivity index (χ3v) is 6.72. The molecule has 37 heavy (non-hydrogen) atoms. The van der Waals surface area contributed by atoms with Crippen LogP contribution in [0.5, 0.6) is 11.5 Å². The van der Waals surface area contributed by atoms with Gasteiger partial charge in [-0.1, -0.05) is 31.2 Å². The van der Waals surface area contributed by atoms with Crippen LogP contribution in [0.2, 0.25) is 0 Å². The third-order valence-electron chi connectivity index (χ3n) is 6.72. The molecule has 3 aromatic carbocycles. The molecule has 2 aliphatic rings. The van der Waals surface area contributed by atoms with Crippen molar-refractivity contribution in [3.8, 4) is 11.5 Å². The van der Waals surface area contributed by atoms with Crippen LogP contribution in [0, 0.1) is 0 Å². The van der Waals surface area contributed by atoms with Gasteiger partial charge in [-0.15, -0.1) is 0 Å². The molecule has 7 heteroatoms. The van der Waals surface area contributed by atoms with Crippen molar-refractivity contribution in [3.05, 3.63) is 89.0 Å². The Bertz CT molecular complexity index is 1380. The lowest BCUT2D eigenvalue weighted by atomic mass is 9.94. The Morgan fingerprint density at radius 2 is 1.84 bits per heavy atom. The van der Waals surface area contributed by atoms with E-state index >= 15 is 0 Å². The number of ketones is 1. The first-order chi connectivity index (χ1) is 17.9. The van der Waals surface area contributed by atoms with Gasteiger partial charge in [0.25, 0.3) is 11.7 Å². The predicted molar refractivity (Wildman–Crippen MR) is 143 cm³/mol. The number of anilines is 2. The molecule has 1 amide bonds. The number of aliphatic hydroxyl groups excluding tert-OH is 1. The lowest BCUT2D eigenvalue weighted by Crippen LogP contribution is -2.30. The Balaban J connectivity index is 1.69. The molecule has 7 nitrogen and oxygen atoms in total. The molecule has 0 bridgehead atoms. The average Bonchev–Trinajstić information content (AvgIpc) is 3.49. The van der Waals surface area contributed by atoms with Gasteiger partial charge in [-0.2, -0.15) is 0 Å². The number of fused-ring (bicyclic) bond motifs is 1. The summed E-state index contributed by atoms with van der Waals surface area (Å²) in [7, 11) is 3.89. The summed E-state index contributed by atoms with van der Waals surface area (Å²) in [6, 6.07) is 19.3. The standard InChI is InChI=1S/C30H30N2O5/c1-4-16-36-25-8-6-5-7-23(25)32-27(19-9-12-22(13-10-19)31(2)3)26(29(34)30(32)35)28(33)21-11-14-24-20(18-21)15-17-37-24/h5-14,18,27,33H,4,15-17H2,1-3H3/b28-26-. The van der Waals surface area contributed by atoms with Crippen LogP contribution in [0.15, 0.2) is 72.3 Å². The second-order valence-electron chi connectivity index (χ2n) is 9.39. The molecule has 5 rings (SSSR count). The molecule has 0 radical (unpaired) electrons. The van der Waals surface area contributed by atoms with Gasteiger partial charge in [-0.25, -0.2) is 0 Å². The number of hydrogen-bond acceptors (Lipinski definition) is 6. The second kappa shape index (κ2) is 10.0. The Morgan fingerprint density at radius 1 is 1.08 bits per heavy atom. The first kappa shape index (κ1) is 24.4. The first-order valence-corrected chi connectivity index (χ1v) is 12.5. The van der Waals surface area contributed by atoms with Gasteiger partial charge in [-0.3, -0.25) is 14.5 Å². The minimum absolute atomic E-state index is 0.0479. The van der Waals surface area contributed by atoms with E-state index in [1.54, 1.807) is 30.3 Å². The maximum Gasteiger partial charge on any atom is 0.300 e. The molecule has 1 saturated heterocycles. The second-order valence-corrected chi connectivity index (χ2v) is 9.39. The maximum absolute atomic E-state index is 13.6. The number of nitrogens with zero attached hydrogens (tertiary/aromatic N) is 2. The summed E-state index contributed by atoms with van der Waals surface area (Å²) in [4.78, 5) is 30.5. The Kier molecular flexibility index (Phi) is 6.61. The summed E-state index contributed by atoms with van der Waals surface area (Å²) in [6.45, 7) is 3.06. The Morgan fingerprint density at radius 3 is 2.57 bits per heavy atom. The molecule has 2 heterocycles. The summed E-state index contributed by atoms with van der Waals surface area (Å²) >= 11 is 0. The fourth-order valence-corrected chi connectivity index (χ4v) is 4.83. The van der Waals surface area contributed by atoms with E-state index in [4.69, 9.17) is 9.47 Å². The number of carbonyl (C=O) groups excluding carboxylic acids is 2. The molecule has 0 aliphatic carbocycles. The largest absolute Gasteiger partial charge is 0.507 e. The lowest BCUT2D eigenvalue weighted by Gasteiger charge is -2.27. The van der Waals surface area contributed by atoms with Gasteiger partial charge in [0.1, 0.15) is 17.3 Å². The van der Waals surface area contributed by atoms with Gasteiger partial charge >= 0.3 is 0 Å². The SMILES string of the molecule is CCCOc1ccccc1N1C(=O)C(=O)/C(=C(\O)c2ccc3c(c2)CCO3)C1c1ccc(N(C)C)cc1. The smallest absolute Gasteiger partial charge is 0.300 e.